The largest absolute Gasteiger partial charge is 0.508 e. The number of rotatable bonds is 1. The van der Waals surface area contributed by atoms with Gasteiger partial charge in [0.05, 0.1) is 4.90 Å². The minimum atomic E-state index is -3.13. The summed E-state index contributed by atoms with van der Waals surface area (Å²) in [5.74, 6) is -0.808. The molecule has 0 radical (unpaired) electrons. The molecule has 0 aliphatic rings. The van der Waals surface area contributed by atoms with Crippen LogP contribution in [-0.2, 0) is 9.84 Å². The van der Waals surface area contributed by atoms with E-state index in [-0.39, 0.29) is 16.4 Å². The average molecular weight is 284 g/mol. The average Bonchev–Trinajstić information content (AvgIpc) is 2.33. The third-order valence-corrected chi connectivity index (χ3v) is 3.25. The van der Waals surface area contributed by atoms with Gasteiger partial charge in [0.1, 0.15) is 5.75 Å². The fourth-order valence-electron chi connectivity index (χ4n) is 1.15. The zero-order valence-corrected chi connectivity index (χ0v) is 10.9. The van der Waals surface area contributed by atoms with Gasteiger partial charge in [0, 0.05) is 6.26 Å². The van der Waals surface area contributed by atoms with Crippen LogP contribution in [0.25, 0.3) is 0 Å². The Bertz CT molecular complexity index is 615. The molecule has 0 aliphatic carbocycles. The Kier molecular flexibility index (Phi) is 4.88. The van der Waals surface area contributed by atoms with Crippen molar-refractivity contribution in [2.75, 3.05) is 6.26 Å². The Balaban J connectivity index is 0.000000200. The summed E-state index contributed by atoms with van der Waals surface area (Å²) in [7, 11) is -3.13. The van der Waals surface area contributed by atoms with Gasteiger partial charge in [-0.25, -0.2) is 12.8 Å². The molecule has 2 aromatic carbocycles. The molecule has 0 aliphatic heterocycles. The maximum atomic E-state index is 12.1. The molecular formula is C13H13FO4S. The summed E-state index contributed by atoms with van der Waals surface area (Å²) in [6.07, 6.45) is 1.12. The molecule has 2 rings (SSSR count). The SMILES string of the molecule is CS(=O)(=O)c1ccc(O)cc1.Oc1ccccc1F. The van der Waals surface area contributed by atoms with E-state index in [4.69, 9.17) is 10.2 Å². The highest BCUT2D eigenvalue weighted by molar-refractivity contribution is 7.90. The van der Waals surface area contributed by atoms with E-state index < -0.39 is 15.7 Å². The first-order valence-electron chi connectivity index (χ1n) is 5.23. The number of sulfone groups is 1. The van der Waals surface area contributed by atoms with Crippen LogP contribution in [0.5, 0.6) is 11.5 Å². The Labute approximate surface area is 110 Å². The summed E-state index contributed by atoms with van der Waals surface area (Å²) < 4.78 is 33.8. The van der Waals surface area contributed by atoms with Crippen molar-refractivity contribution < 1.29 is 23.0 Å². The highest BCUT2D eigenvalue weighted by atomic mass is 32.2. The molecule has 4 nitrogen and oxygen atoms in total. The van der Waals surface area contributed by atoms with E-state index in [0.29, 0.717) is 0 Å². The summed E-state index contributed by atoms with van der Waals surface area (Å²) in [5, 5.41) is 17.4. The number of hydrogen-bond acceptors (Lipinski definition) is 4. The van der Waals surface area contributed by atoms with Crippen molar-refractivity contribution in [2.45, 2.75) is 4.90 Å². The second-order valence-electron chi connectivity index (χ2n) is 3.72. The number of phenolic OH excluding ortho intramolecular Hbond substituents is 2. The van der Waals surface area contributed by atoms with Crippen molar-refractivity contribution in [3.05, 3.63) is 54.3 Å². The van der Waals surface area contributed by atoms with Gasteiger partial charge >= 0.3 is 0 Å². The van der Waals surface area contributed by atoms with Crippen LogP contribution in [0.15, 0.2) is 53.4 Å². The molecule has 0 bridgehead atoms. The van der Waals surface area contributed by atoms with Gasteiger partial charge in [0.25, 0.3) is 0 Å². The molecule has 0 unspecified atom stereocenters. The van der Waals surface area contributed by atoms with Crippen LogP contribution in [0.1, 0.15) is 0 Å². The van der Waals surface area contributed by atoms with E-state index in [9.17, 15) is 12.8 Å². The third-order valence-electron chi connectivity index (χ3n) is 2.12. The second kappa shape index (κ2) is 6.19. The Morgan fingerprint density at radius 1 is 0.947 bits per heavy atom. The van der Waals surface area contributed by atoms with Crippen molar-refractivity contribution >= 4 is 9.84 Å². The van der Waals surface area contributed by atoms with E-state index in [1.807, 2.05) is 0 Å². The Morgan fingerprint density at radius 3 is 1.84 bits per heavy atom. The van der Waals surface area contributed by atoms with Crippen molar-refractivity contribution in [1.29, 1.82) is 0 Å². The predicted octanol–water partition coefficient (Wildman–Crippen LogP) is 2.33. The number of halogens is 1. The number of aromatic hydroxyl groups is 2. The van der Waals surface area contributed by atoms with Crippen LogP contribution in [0.2, 0.25) is 0 Å². The number of benzene rings is 2. The topological polar surface area (TPSA) is 74.6 Å². The minimum Gasteiger partial charge on any atom is -0.508 e. The van der Waals surface area contributed by atoms with E-state index in [2.05, 4.69) is 0 Å². The van der Waals surface area contributed by atoms with Gasteiger partial charge in [-0.1, -0.05) is 12.1 Å². The molecule has 0 heterocycles. The van der Waals surface area contributed by atoms with Gasteiger partial charge in [-0.05, 0) is 36.4 Å². The molecule has 102 valence electrons. The molecule has 2 N–H and O–H groups in total. The van der Waals surface area contributed by atoms with Gasteiger partial charge in [-0.3, -0.25) is 0 Å². The molecular weight excluding hydrogens is 271 g/mol. The standard InChI is InChI=1S/C7H8O3S.C6H5FO/c1-11(9,10)7-4-2-6(8)3-5-7;7-5-3-1-2-4-6(5)8/h2-5,8H,1H3;1-4,8H. The van der Waals surface area contributed by atoms with E-state index in [0.717, 1.165) is 6.26 Å². The maximum Gasteiger partial charge on any atom is 0.175 e. The first-order chi connectivity index (χ1) is 8.80. The maximum absolute atomic E-state index is 12.1. The molecule has 0 atom stereocenters. The molecule has 0 fully saturated rings. The summed E-state index contributed by atoms with van der Waals surface area (Å²) in [6, 6.07) is 11.0. The first-order valence-corrected chi connectivity index (χ1v) is 7.12. The first kappa shape index (κ1) is 15.0. The summed E-state index contributed by atoms with van der Waals surface area (Å²) >= 11 is 0. The van der Waals surface area contributed by atoms with Crippen molar-refractivity contribution in [2.24, 2.45) is 0 Å². The fourth-order valence-corrected chi connectivity index (χ4v) is 1.78. The lowest BCUT2D eigenvalue weighted by molar-refractivity contribution is 0.432. The highest BCUT2D eigenvalue weighted by Crippen LogP contribution is 2.13. The highest BCUT2D eigenvalue weighted by Gasteiger charge is 2.04. The van der Waals surface area contributed by atoms with Gasteiger partial charge in [-0.15, -0.1) is 0 Å². The van der Waals surface area contributed by atoms with Crippen molar-refractivity contribution in [3.63, 3.8) is 0 Å². The van der Waals surface area contributed by atoms with Gasteiger partial charge in [0.2, 0.25) is 0 Å². The Hall–Kier alpha value is -2.08. The summed E-state index contributed by atoms with van der Waals surface area (Å²) in [4.78, 5) is 0.218. The Morgan fingerprint density at radius 2 is 1.47 bits per heavy atom. The van der Waals surface area contributed by atoms with Gasteiger partial charge < -0.3 is 10.2 Å². The van der Waals surface area contributed by atoms with Crippen LogP contribution in [-0.4, -0.2) is 24.9 Å². The van der Waals surface area contributed by atoms with Crippen LogP contribution in [0.4, 0.5) is 4.39 Å². The van der Waals surface area contributed by atoms with Crippen LogP contribution < -0.4 is 0 Å². The van der Waals surface area contributed by atoms with Gasteiger partial charge in [-0.2, -0.15) is 0 Å². The monoisotopic (exact) mass is 284 g/mol. The number of phenols is 2. The summed E-state index contributed by atoms with van der Waals surface area (Å²) in [5.41, 5.74) is 0. The minimum absolute atomic E-state index is 0.0670. The summed E-state index contributed by atoms with van der Waals surface area (Å²) in [6.45, 7) is 0. The third kappa shape index (κ3) is 4.97. The molecule has 2 aromatic rings. The molecule has 0 saturated carbocycles. The van der Waals surface area contributed by atoms with Crippen LogP contribution in [0.3, 0.4) is 0 Å². The zero-order valence-electron chi connectivity index (χ0n) is 10.1. The lowest BCUT2D eigenvalue weighted by Crippen LogP contribution is -1.95. The van der Waals surface area contributed by atoms with Crippen LogP contribution >= 0.6 is 0 Å². The smallest absolute Gasteiger partial charge is 0.175 e. The normalized spacial score (nSPS) is 10.4. The lowest BCUT2D eigenvalue weighted by atomic mass is 10.3. The fraction of sp³-hybridized carbons (Fsp3) is 0.0769. The van der Waals surface area contributed by atoms with Gasteiger partial charge in [0.15, 0.2) is 21.4 Å². The molecule has 0 spiro atoms. The molecule has 19 heavy (non-hydrogen) atoms. The second-order valence-corrected chi connectivity index (χ2v) is 5.73. The van der Waals surface area contributed by atoms with E-state index in [1.54, 1.807) is 6.07 Å². The number of hydrogen-bond donors (Lipinski definition) is 2. The van der Waals surface area contributed by atoms with E-state index in [1.165, 1.54) is 42.5 Å². The molecule has 0 saturated heterocycles. The molecule has 6 heteroatoms. The zero-order chi connectivity index (χ0) is 14.5. The predicted molar refractivity (Wildman–Crippen MR) is 69.3 cm³/mol. The quantitative estimate of drug-likeness (QED) is 0.842. The number of para-hydroxylation sites is 1. The lowest BCUT2D eigenvalue weighted by Gasteiger charge is -1.96. The molecule has 0 aromatic heterocycles. The van der Waals surface area contributed by atoms with Crippen molar-refractivity contribution in [3.8, 4) is 11.5 Å². The van der Waals surface area contributed by atoms with Crippen molar-refractivity contribution in [1.82, 2.24) is 0 Å². The van der Waals surface area contributed by atoms with Crippen LogP contribution in [0, 0.1) is 5.82 Å². The van der Waals surface area contributed by atoms with E-state index >= 15 is 0 Å². The molecule has 0 amide bonds.